The third-order valence-electron chi connectivity index (χ3n) is 5.53. The van der Waals surface area contributed by atoms with Gasteiger partial charge in [0.2, 0.25) is 0 Å². The van der Waals surface area contributed by atoms with E-state index in [2.05, 4.69) is 5.32 Å². The highest BCUT2D eigenvalue weighted by Gasteiger charge is 2.32. The molecule has 0 heterocycles. The number of ketones is 1. The first kappa shape index (κ1) is 28.9. The maximum atomic E-state index is 13.8. The Labute approximate surface area is 224 Å². The zero-order chi connectivity index (χ0) is 28.4. The normalized spacial score (nSPS) is 11.7. The summed E-state index contributed by atoms with van der Waals surface area (Å²) in [7, 11) is 0. The van der Waals surface area contributed by atoms with Gasteiger partial charge in [0, 0.05) is 10.6 Å². The molecule has 3 rings (SSSR count). The molecule has 0 aliphatic rings. The molecule has 0 unspecified atom stereocenters. The molecule has 0 aromatic heterocycles. The minimum Gasteiger partial charge on any atom is -0.483 e. The number of alkyl halides is 3. The fourth-order valence-electron chi connectivity index (χ4n) is 3.30. The molecule has 0 spiro atoms. The van der Waals surface area contributed by atoms with E-state index in [1.54, 1.807) is 0 Å². The van der Waals surface area contributed by atoms with E-state index in [1.165, 1.54) is 44.2 Å². The third-order valence-corrected chi connectivity index (χ3v) is 6.08. The Morgan fingerprint density at radius 2 is 1.63 bits per heavy atom. The molecule has 12 heteroatoms. The quantitative estimate of drug-likeness (QED) is 0.230. The van der Waals surface area contributed by atoms with E-state index in [0.29, 0.717) is 17.7 Å². The second-order valence-corrected chi connectivity index (χ2v) is 9.50. The van der Waals surface area contributed by atoms with E-state index in [4.69, 9.17) is 27.9 Å². The van der Waals surface area contributed by atoms with Gasteiger partial charge in [-0.05, 0) is 67.9 Å². The second-order valence-electron chi connectivity index (χ2n) is 8.66. The molecule has 0 bridgehead atoms. The van der Waals surface area contributed by atoms with E-state index < -0.39 is 52.8 Å². The van der Waals surface area contributed by atoms with Crippen molar-refractivity contribution in [2.45, 2.75) is 25.4 Å². The van der Waals surface area contributed by atoms with Crippen molar-refractivity contribution in [3.8, 4) is 5.75 Å². The molecule has 38 heavy (non-hydrogen) atoms. The van der Waals surface area contributed by atoms with Crippen molar-refractivity contribution in [2.24, 2.45) is 0 Å². The number of hydrogen-bond acceptors (Lipinski definition) is 4. The minimum atomic E-state index is -4.88. The summed E-state index contributed by atoms with van der Waals surface area (Å²) in [5.41, 5.74) is -2.89. The maximum Gasteiger partial charge on any atom is 0.416 e. The van der Waals surface area contributed by atoms with Gasteiger partial charge in [-0.2, -0.15) is 13.2 Å². The molecule has 0 saturated carbocycles. The topological polar surface area (TPSA) is 92.7 Å². The van der Waals surface area contributed by atoms with Crippen LogP contribution in [0.2, 0.25) is 10.0 Å². The summed E-state index contributed by atoms with van der Waals surface area (Å²) >= 11 is 12.1. The molecule has 6 nitrogen and oxygen atoms in total. The van der Waals surface area contributed by atoms with Crippen molar-refractivity contribution < 1.29 is 41.8 Å². The van der Waals surface area contributed by atoms with E-state index >= 15 is 0 Å². The lowest BCUT2D eigenvalue weighted by molar-refractivity contribution is -0.142. The molecule has 0 radical (unpaired) electrons. The van der Waals surface area contributed by atoms with Crippen LogP contribution < -0.4 is 10.1 Å². The van der Waals surface area contributed by atoms with E-state index in [9.17, 15) is 37.1 Å². The van der Waals surface area contributed by atoms with Gasteiger partial charge in [-0.3, -0.25) is 14.4 Å². The molecule has 0 aliphatic heterocycles. The van der Waals surface area contributed by atoms with Gasteiger partial charge in [0.15, 0.2) is 12.4 Å². The van der Waals surface area contributed by atoms with Crippen LogP contribution in [-0.4, -0.2) is 29.4 Å². The Bertz CT molecular complexity index is 1420. The van der Waals surface area contributed by atoms with Crippen molar-refractivity contribution in [2.75, 3.05) is 11.9 Å². The number of anilines is 1. The fourth-order valence-corrected chi connectivity index (χ4v) is 3.70. The Morgan fingerprint density at radius 3 is 2.24 bits per heavy atom. The van der Waals surface area contributed by atoms with Crippen LogP contribution in [0.4, 0.5) is 23.2 Å². The summed E-state index contributed by atoms with van der Waals surface area (Å²) < 4.78 is 58.5. The van der Waals surface area contributed by atoms with E-state index in [0.717, 1.165) is 6.07 Å². The first-order chi connectivity index (χ1) is 17.6. The van der Waals surface area contributed by atoms with Gasteiger partial charge < -0.3 is 15.2 Å². The number of rotatable bonds is 8. The lowest BCUT2D eigenvalue weighted by atomic mass is 9.85. The molecule has 1 amide bonds. The summed E-state index contributed by atoms with van der Waals surface area (Å²) in [4.78, 5) is 36.9. The Kier molecular flexibility index (Phi) is 8.38. The SMILES string of the molecule is CC(C)(C(=O)O)c1ccc(NC(=O)COc2ccc(Cl)cc2C(=O)c2cc(F)cc(C(F)(F)F)c2)c(Cl)c1. The molecular formula is C26H19Cl2F4NO5. The van der Waals surface area contributed by atoms with Crippen molar-refractivity contribution in [3.63, 3.8) is 0 Å². The molecule has 0 saturated heterocycles. The minimum absolute atomic E-state index is 0.0498. The number of amides is 1. The van der Waals surface area contributed by atoms with Crippen molar-refractivity contribution in [1.29, 1.82) is 0 Å². The molecule has 2 N–H and O–H groups in total. The molecule has 0 aliphatic carbocycles. The average molecular weight is 572 g/mol. The van der Waals surface area contributed by atoms with Gasteiger partial charge in [0.05, 0.1) is 27.3 Å². The highest BCUT2D eigenvalue weighted by molar-refractivity contribution is 6.34. The summed E-state index contributed by atoms with van der Waals surface area (Å²) in [6, 6.07) is 9.40. The van der Waals surface area contributed by atoms with Crippen LogP contribution in [0.25, 0.3) is 0 Å². The molecule has 3 aromatic rings. The van der Waals surface area contributed by atoms with E-state index in [1.807, 2.05) is 0 Å². The number of carboxylic acid groups (broad SMARTS) is 1. The van der Waals surface area contributed by atoms with Gasteiger partial charge in [-0.25, -0.2) is 4.39 Å². The first-order valence-electron chi connectivity index (χ1n) is 10.8. The maximum absolute atomic E-state index is 13.8. The van der Waals surface area contributed by atoms with Gasteiger partial charge in [-0.15, -0.1) is 0 Å². The number of carboxylic acids is 1. The predicted molar refractivity (Wildman–Crippen MR) is 133 cm³/mol. The molecule has 0 fully saturated rings. The van der Waals surface area contributed by atoms with Gasteiger partial charge >= 0.3 is 12.1 Å². The van der Waals surface area contributed by atoms with Crippen LogP contribution in [0, 0.1) is 5.82 Å². The number of nitrogens with one attached hydrogen (secondary N) is 1. The third kappa shape index (κ3) is 6.62. The van der Waals surface area contributed by atoms with Gasteiger partial charge in [0.25, 0.3) is 5.91 Å². The monoisotopic (exact) mass is 571 g/mol. The molecule has 0 atom stereocenters. The lowest BCUT2D eigenvalue weighted by Crippen LogP contribution is -2.28. The van der Waals surface area contributed by atoms with Crippen LogP contribution in [0.15, 0.2) is 54.6 Å². The van der Waals surface area contributed by atoms with Crippen LogP contribution in [-0.2, 0) is 21.2 Å². The second kappa shape index (κ2) is 11.0. The van der Waals surface area contributed by atoms with Crippen molar-refractivity contribution >= 4 is 46.5 Å². The Morgan fingerprint density at radius 1 is 0.947 bits per heavy atom. The zero-order valence-corrected chi connectivity index (χ0v) is 21.3. The summed E-state index contributed by atoms with van der Waals surface area (Å²) in [6.07, 6.45) is -4.88. The van der Waals surface area contributed by atoms with Gasteiger partial charge in [0.1, 0.15) is 11.6 Å². The Balaban J connectivity index is 1.79. The number of halogens is 6. The highest BCUT2D eigenvalue weighted by Crippen LogP contribution is 2.33. The summed E-state index contributed by atoms with van der Waals surface area (Å²) in [6.45, 7) is 2.34. The standard InChI is InChI=1S/C26H19Cl2F4NO5/c1-25(2,24(36)37)14-3-5-20(19(28)10-14)33-22(34)12-38-21-6-4-16(27)11-18(21)23(35)13-7-15(26(30,31)32)9-17(29)8-13/h3-11H,12H2,1-2H3,(H,33,34)(H,36,37). The molecule has 200 valence electrons. The first-order valence-corrected chi connectivity index (χ1v) is 11.5. The number of carbonyl (C=O) groups is 3. The zero-order valence-electron chi connectivity index (χ0n) is 19.8. The number of hydrogen-bond donors (Lipinski definition) is 2. The fraction of sp³-hybridized carbons (Fsp3) is 0.192. The molecular weight excluding hydrogens is 553 g/mol. The van der Waals surface area contributed by atoms with Crippen LogP contribution in [0.1, 0.15) is 40.9 Å². The lowest BCUT2D eigenvalue weighted by Gasteiger charge is -2.20. The summed E-state index contributed by atoms with van der Waals surface area (Å²) in [5, 5.41) is 12.0. The number of carbonyl (C=O) groups excluding carboxylic acids is 2. The van der Waals surface area contributed by atoms with Gasteiger partial charge in [-0.1, -0.05) is 29.3 Å². The number of benzene rings is 3. The van der Waals surface area contributed by atoms with Crippen LogP contribution >= 0.6 is 23.2 Å². The average Bonchev–Trinajstić information content (AvgIpc) is 2.82. The van der Waals surface area contributed by atoms with Crippen molar-refractivity contribution in [3.05, 3.63) is 92.7 Å². The van der Waals surface area contributed by atoms with Crippen LogP contribution in [0.3, 0.4) is 0 Å². The van der Waals surface area contributed by atoms with Crippen LogP contribution in [0.5, 0.6) is 5.75 Å². The smallest absolute Gasteiger partial charge is 0.416 e. The van der Waals surface area contributed by atoms with E-state index in [-0.39, 0.29) is 33.1 Å². The Hall–Kier alpha value is -3.63. The number of aliphatic carboxylic acids is 1. The largest absolute Gasteiger partial charge is 0.483 e. The summed E-state index contributed by atoms with van der Waals surface area (Å²) in [5.74, 6) is -4.23. The van der Waals surface area contributed by atoms with Crippen molar-refractivity contribution in [1.82, 2.24) is 0 Å². The predicted octanol–water partition coefficient (Wildman–Crippen LogP) is 6.76. The number of ether oxygens (including phenoxy) is 1. The molecule has 3 aromatic carbocycles. The highest BCUT2D eigenvalue weighted by atomic mass is 35.5.